The van der Waals surface area contributed by atoms with E-state index < -0.39 is 17.5 Å². The summed E-state index contributed by atoms with van der Waals surface area (Å²) in [6.45, 7) is 7.28. The van der Waals surface area contributed by atoms with Crippen molar-refractivity contribution < 1.29 is 15.0 Å². The first-order valence-electron chi connectivity index (χ1n) is 6.75. The van der Waals surface area contributed by atoms with E-state index >= 15 is 0 Å². The molecule has 0 bridgehead atoms. The summed E-state index contributed by atoms with van der Waals surface area (Å²) in [6, 6.07) is 0. The lowest BCUT2D eigenvalue weighted by Gasteiger charge is -2.32. The Hall–Kier alpha value is -0.570. The summed E-state index contributed by atoms with van der Waals surface area (Å²) >= 11 is 0. The molecule has 2 unspecified atom stereocenters. The second kappa shape index (κ2) is 7.70. The summed E-state index contributed by atoms with van der Waals surface area (Å²) in [5.41, 5.74) is -0.848. The van der Waals surface area contributed by atoms with Gasteiger partial charge in [0.15, 0.2) is 0 Å². The van der Waals surface area contributed by atoms with Gasteiger partial charge < -0.3 is 10.2 Å². The highest BCUT2D eigenvalue weighted by Crippen LogP contribution is 2.34. The molecule has 0 fully saturated rings. The van der Waals surface area contributed by atoms with Crippen molar-refractivity contribution in [3.05, 3.63) is 0 Å². The van der Waals surface area contributed by atoms with E-state index in [-0.39, 0.29) is 5.92 Å². The number of carbonyl (C=O) groups is 1. The zero-order chi connectivity index (χ0) is 13.5. The van der Waals surface area contributed by atoms with Crippen molar-refractivity contribution >= 4 is 5.97 Å². The molecular formula is C14H28O3. The number of aliphatic hydroxyl groups excluding tert-OH is 1. The van der Waals surface area contributed by atoms with Crippen LogP contribution >= 0.6 is 0 Å². The number of hydrogen-bond acceptors (Lipinski definition) is 2. The van der Waals surface area contributed by atoms with Crippen LogP contribution in [0.1, 0.15) is 66.2 Å². The van der Waals surface area contributed by atoms with E-state index in [9.17, 15) is 15.0 Å². The van der Waals surface area contributed by atoms with Gasteiger partial charge in [0.2, 0.25) is 0 Å². The predicted octanol–water partition coefficient (Wildman–Crippen LogP) is 3.45. The first-order valence-corrected chi connectivity index (χ1v) is 6.75. The Morgan fingerprint density at radius 3 is 2.12 bits per heavy atom. The molecule has 0 aromatic carbocycles. The zero-order valence-corrected chi connectivity index (χ0v) is 11.7. The van der Waals surface area contributed by atoms with Crippen molar-refractivity contribution in [3.63, 3.8) is 0 Å². The van der Waals surface area contributed by atoms with Crippen LogP contribution in [-0.4, -0.2) is 22.3 Å². The molecule has 0 saturated heterocycles. The van der Waals surface area contributed by atoms with E-state index in [1.807, 2.05) is 0 Å². The normalized spacial score (nSPS) is 15.6. The van der Waals surface area contributed by atoms with Gasteiger partial charge in [-0.3, -0.25) is 4.79 Å². The van der Waals surface area contributed by atoms with Crippen LogP contribution in [0.15, 0.2) is 0 Å². The van der Waals surface area contributed by atoms with Crippen LogP contribution in [0.5, 0.6) is 0 Å². The summed E-state index contributed by atoms with van der Waals surface area (Å²) < 4.78 is 0. The van der Waals surface area contributed by atoms with Crippen LogP contribution in [0.3, 0.4) is 0 Å². The van der Waals surface area contributed by atoms with Gasteiger partial charge in [-0.25, -0.2) is 0 Å². The van der Waals surface area contributed by atoms with E-state index in [0.29, 0.717) is 0 Å². The molecule has 17 heavy (non-hydrogen) atoms. The minimum atomic E-state index is -0.848. The Labute approximate surface area is 105 Å². The third-order valence-corrected chi connectivity index (χ3v) is 3.68. The molecule has 0 radical (unpaired) electrons. The minimum absolute atomic E-state index is 0.165. The summed E-state index contributed by atoms with van der Waals surface area (Å²) in [4.78, 5) is 11.2. The van der Waals surface area contributed by atoms with Crippen LogP contribution in [-0.2, 0) is 4.79 Å². The fourth-order valence-electron chi connectivity index (χ4n) is 2.33. The van der Waals surface area contributed by atoms with Gasteiger partial charge in [-0.1, -0.05) is 39.0 Å². The molecule has 0 aromatic rings. The number of aliphatic carboxylic acids is 1. The summed E-state index contributed by atoms with van der Waals surface area (Å²) in [6.07, 6.45) is 6.02. The minimum Gasteiger partial charge on any atom is -0.481 e. The lowest BCUT2D eigenvalue weighted by atomic mass is 9.73. The molecule has 0 amide bonds. The lowest BCUT2D eigenvalue weighted by Crippen LogP contribution is -2.38. The highest BCUT2D eigenvalue weighted by molar-refractivity contribution is 5.74. The van der Waals surface area contributed by atoms with Crippen LogP contribution in [0.25, 0.3) is 0 Å². The number of hydrogen-bond donors (Lipinski definition) is 2. The molecule has 2 atom stereocenters. The molecule has 3 nitrogen and oxygen atoms in total. The molecule has 0 aliphatic carbocycles. The first-order chi connectivity index (χ1) is 7.84. The van der Waals surface area contributed by atoms with E-state index in [1.54, 1.807) is 20.8 Å². The smallest absolute Gasteiger partial charge is 0.309 e. The number of carboxylic acid groups (broad SMARTS) is 1. The molecule has 0 rings (SSSR count). The van der Waals surface area contributed by atoms with Gasteiger partial charge in [0.1, 0.15) is 0 Å². The van der Waals surface area contributed by atoms with Gasteiger partial charge in [0, 0.05) is 5.92 Å². The van der Waals surface area contributed by atoms with E-state index in [0.717, 1.165) is 19.3 Å². The largest absolute Gasteiger partial charge is 0.481 e. The van der Waals surface area contributed by atoms with Crippen molar-refractivity contribution in [2.24, 2.45) is 11.3 Å². The van der Waals surface area contributed by atoms with Crippen LogP contribution < -0.4 is 0 Å². The third kappa shape index (κ3) is 5.53. The standard InChI is InChI=1S/C14H28O3/c1-5-6-7-8-9-10-12(11(2)15)14(3,4)13(16)17/h11-12,15H,5-10H2,1-4H3,(H,16,17). The van der Waals surface area contributed by atoms with Crippen molar-refractivity contribution in [1.29, 1.82) is 0 Å². The molecule has 0 aromatic heterocycles. The second-order valence-electron chi connectivity index (χ2n) is 5.58. The number of unbranched alkanes of at least 4 members (excludes halogenated alkanes) is 4. The molecule has 0 saturated carbocycles. The van der Waals surface area contributed by atoms with Gasteiger partial charge in [0.25, 0.3) is 0 Å². The molecule has 102 valence electrons. The molecular weight excluding hydrogens is 216 g/mol. The fourth-order valence-corrected chi connectivity index (χ4v) is 2.33. The van der Waals surface area contributed by atoms with Crippen LogP contribution in [0.4, 0.5) is 0 Å². The van der Waals surface area contributed by atoms with Crippen molar-refractivity contribution in [3.8, 4) is 0 Å². The predicted molar refractivity (Wildman–Crippen MR) is 70.0 cm³/mol. The van der Waals surface area contributed by atoms with Gasteiger partial charge in [0.05, 0.1) is 11.5 Å². The van der Waals surface area contributed by atoms with Crippen molar-refractivity contribution in [2.45, 2.75) is 72.3 Å². The molecule has 0 heterocycles. The number of aliphatic hydroxyl groups is 1. The topological polar surface area (TPSA) is 57.5 Å². The van der Waals surface area contributed by atoms with Crippen molar-refractivity contribution in [1.82, 2.24) is 0 Å². The monoisotopic (exact) mass is 244 g/mol. The first kappa shape index (κ1) is 16.4. The Bertz CT molecular complexity index is 222. The quantitative estimate of drug-likeness (QED) is 0.611. The Balaban J connectivity index is 4.22. The van der Waals surface area contributed by atoms with E-state index in [1.165, 1.54) is 19.3 Å². The highest BCUT2D eigenvalue weighted by Gasteiger charge is 2.38. The Morgan fingerprint density at radius 2 is 1.71 bits per heavy atom. The number of carboxylic acids is 1. The average Bonchev–Trinajstić information content (AvgIpc) is 2.22. The maximum atomic E-state index is 11.2. The summed E-state index contributed by atoms with van der Waals surface area (Å²) in [5.74, 6) is -0.987. The van der Waals surface area contributed by atoms with E-state index in [4.69, 9.17) is 0 Å². The third-order valence-electron chi connectivity index (χ3n) is 3.68. The van der Waals surface area contributed by atoms with Crippen molar-refractivity contribution in [2.75, 3.05) is 0 Å². The summed E-state index contributed by atoms with van der Waals surface area (Å²) in [5, 5.41) is 18.9. The molecule has 3 heteroatoms. The Kier molecular flexibility index (Phi) is 7.44. The van der Waals surface area contributed by atoms with Crippen LogP contribution in [0.2, 0.25) is 0 Å². The molecule has 2 N–H and O–H groups in total. The van der Waals surface area contributed by atoms with Gasteiger partial charge >= 0.3 is 5.97 Å². The highest BCUT2D eigenvalue weighted by atomic mass is 16.4. The molecule has 0 aliphatic heterocycles. The second-order valence-corrected chi connectivity index (χ2v) is 5.58. The SMILES string of the molecule is CCCCCCCC(C(C)O)C(C)(C)C(=O)O. The maximum absolute atomic E-state index is 11.2. The zero-order valence-electron chi connectivity index (χ0n) is 11.7. The lowest BCUT2D eigenvalue weighted by molar-refractivity contribution is -0.153. The molecule has 0 aliphatic rings. The van der Waals surface area contributed by atoms with Gasteiger partial charge in [-0.05, 0) is 27.2 Å². The van der Waals surface area contributed by atoms with Gasteiger partial charge in [-0.2, -0.15) is 0 Å². The van der Waals surface area contributed by atoms with Crippen LogP contribution in [0, 0.1) is 11.3 Å². The van der Waals surface area contributed by atoms with Gasteiger partial charge in [-0.15, -0.1) is 0 Å². The molecule has 0 spiro atoms. The fraction of sp³-hybridized carbons (Fsp3) is 0.929. The summed E-state index contributed by atoms with van der Waals surface area (Å²) in [7, 11) is 0. The Morgan fingerprint density at radius 1 is 1.18 bits per heavy atom. The van der Waals surface area contributed by atoms with E-state index in [2.05, 4.69) is 6.92 Å². The maximum Gasteiger partial charge on any atom is 0.309 e. The average molecular weight is 244 g/mol. The number of rotatable bonds is 9.